The molecule has 0 aliphatic heterocycles. The zero-order chi connectivity index (χ0) is 9.14. The highest BCUT2D eigenvalue weighted by molar-refractivity contribution is 5.16. The molecule has 1 rings (SSSR count). The monoisotopic (exact) mass is 168 g/mol. The minimum atomic E-state index is -1.79. The fourth-order valence-electron chi connectivity index (χ4n) is 0.698. The average molecular weight is 168 g/mol. The van der Waals surface area contributed by atoms with Gasteiger partial charge in [0.1, 0.15) is 0 Å². The molecule has 0 amide bonds. The van der Waals surface area contributed by atoms with E-state index in [1.807, 2.05) is 4.98 Å². The maximum Gasteiger partial charge on any atom is 0.325 e. The third kappa shape index (κ3) is 1.42. The number of aromatic nitrogens is 2. The molecule has 1 aromatic heterocycles. The highest BCUT2D eigenvalue weighted by Gasteiger charge is 2.09. The zero-order valence-electron chi connectivity index (χ0n) is 5.93. The van der Waals surface area contributed by atoms with Gasteiger partial charge in [-0.2, -0.15) is 0 Å². The van der Waals surface area contributed by atoms with Crippen molar-refractivity contribution in [2.45, 2.75) is 6.17 Å². The lowest BCUT2D eigenvalue weighted by Crippen LogP contribution is -2.25. The van der Waals surface area contributed by atoms with E-state index in [0.29, 0.717) is 0 Å². The van der Waals surface area contributed by atoms with Gasteiger partial charge in [0.15, 0.2) is 6.17 Å². The predicted molar refractivity (Wildman–Crippen MR) is 40.4 cm³/mol. The van der Waals surface area contributed by atoms with Crippen molar-refractivity contribution in [2.75, 3.05) is 0 Å². The number of H-pyrrole nitrogens is 2. The van der Waals surface area contributed by atoms with Crippen LogP contribution in [0, 0.1) is 12.3 Å². The first-order valence-electron chi connectivity index (χ1n) is 3.07. The summed E-state index contributed by atoms with van der Waals surface area (Å²) in [5, 5.41) is 0. The predicted octanol–water partition coefficient (Wildman–Crippen LogP) is -0.293. The first-order chi connectivity index (χ1) is 5.65. The summed E-state index contributed by atoms with van der Waals surface area (Å²) >= 11 is 0. The maximum atomic E-state index is 12.7. The molecule has 0 aromatic carbocycles. The van der Waals surface area contributed by atoms with Crippen LogP contribution in [0.4, 0.5) is 4.39 Å². The second-order valence-electron chi connectivity index (χ2n) is 2.06. The van der Waals surface area contributed by atoms with Crippen LogP contribution in [-0.2, 0) is 0 Å². The van der Waals surface area contributed by atoms with Gasteiger partial charge < -0.3 is 4.98 Å². The summed E-state index contributed by atoms with van der Waals surface area (Å²) in [6, 6.07) is 0. The van der Waals surface area contributed by atoms with Crippen molar-refractivity contribution < 1.29 is 4.39 Å². The lowest BCUT2D eigenvalue weighted by Gasteiger charge is -1.96. The van der Waals surface area contributed by atoms with E-state index < -0.39 is 17.4 Å². The van der Waals surface area contributed by atoms with Gasteiger partial charge in [-0.1, -0.05) is 5.92 Å². The highest BCUT2D eigenvalue weighted by Crippen LogP contribution is 2.08. The minimum absolute atomic E-state index is 0.267. The van der Waals surface area contributed by atoms with E-state index >= 15 is 0 Å². The van der Waals surface area contributed by atoms with Gasteiger partial charge in [-0.15, -0.1) is 6.42 Å². The van der Waals surface area contributed by atoms with Gasteiger partial charge in [0.25, 0.3) is 5.56 Å². The summed E-state index contributed by atoms with van der Waals surface area (Å²) in [5.74, 6) is 1.73. The van der Waals surface area contributed by atoms with Gasteiger partial charge in [-0.3, -0.25) is 9.78 Å². The van der Waals surface area contributed by atoms with E-state index in [2.05, 4.69) is 4.98 Å². The lowest BCUT2D eigenvalue weighted by atomic mass is 10.2. The van der Waals surface area contributed by atoms with Crippen LogP contribution in [0.1, 0.15) is 11.7 Å². The summed E-state index contributed by atoms with van der Waals surface area (Å²) in [5.41, 5.74) is -1.76. The molecular weight excluding hydrogens is 163 g/mol. The van der Waals surface area contributed by atoms with Crippen LogP contribution >= 0.6 is 0 Å². The van der Waals surface area contributed by atoms with E-state index in [1.54, 1.807) is 5.92 Å². The molecule has 1 atom stereocenters. The molecule has 0 bridgehead atoms. The van der Waals surface area contributed by atoms with Gasteiger partial charge in [-0.05, 0) is 0 Å². The van der Waals surface area contributed by atoms with Crippen LogP contribution in [0.25, 0.3) is 0 Å². The van der Waals surface area contributed by atoms with E-state index in [-0.39, 0.29) is 5.56 Å². The maximum absolute atomic E-state index is 12.7. The summed E-state index contributed by atoms with van der Waals surface area (Å²) < 4.78 is 12.7. The number of rotatable bonds is 1. The van der Waals surface area contributed by atoms with Crippen LogP contribution in [0.2, 0.25) is 0 Å². The normalized spacial score (nSPS) is 12.0. The molecule has 2 N–H and O–H groups in total. The Bertz CT molecular complexity index is 426. The molecule has 0 aliphatic rings. The van der Waals surface area contributed by atoms with Crippen LogP contribution in [-0.4, -0.2) is 9.97 Å². The number of nitrogens with one attached hydrogen (secondary N) is 2. The third-order valence-corrected chi connectivity index (χ3v) is 1.27. The number of terminal acetylenes is 1. The second kappa shape index (κ2) is 3.05. The van der Waals surface area contributed by atoms with Crippen molar-refractivity contribution in [3.8, 4) is 12.3 Å². The fraction of sp³-hybridized carbons (Fsp3) is 0.143. The summed E-state index contributed by atoms with van der Waals surface area (Å²) in [6.45, 7) is 0. The SMILES string of the molecule is C#CC(F)c1c[nH]c(=O)[nH]c1=O. The molecule has 4 nitrogen and oxygen atoms in total. The van der Waals surface area contributed by atoms with E-state index in [9.17, 15) is 14.0 Å². The molecule has 0 saturated heterocycles. The summed E-state index contributed by atoms with van der Waals surface area (Å²) in [6.07, 6.45) is 3.92. The Labute approximate surface area is 66.5 Å². The van der Waals surface area contributed by atoms with Crippen molar-refractivity contribution in [3.63, 3.8) is 0 Å². The number of halogens is 1. The molecule has 0 fully saturated rings. The Hall–Kier alpha value is -1.83. The number of hydrogen-bond acceptors (Lipinski definition) is 2. The average Bonchev–Trinajstić information content (AvgIpc) is 2.03. The third-order valence-electron chi connectivity index (χ3n) is 1.27. The van der Waals surface area contributed by atoms with Crippen molar-refractivity contribution in [2.24, 2.45) is 0 Å². The molecule has 0 aliphatic carbocycles. The van der Waals surface area contributed by atoms with Crippen molar-refractivity contribution >= 4 is 0 Å². The van der Waals surface area contributed by atoms with Gasteiger partial charge >= 0.3 is 5.69 Å². The molecule has 62 valence electrons. The Kier molecular flexibility index (Phi) is 2.10. The van der Waals surface area contributed by atoms with Crippen LogP contribution in [0.3, 0.4) is 0 Å². The highest BCUT2D eigenvalue weighted by atomic mass is 19.1. The Morgan fingerprint density at radius 1 is 1.58 bits per heavy atom. The largest absolute Gasteiger partial charge is 0.325 e. The number of aromatic amines is 2. The lowest BCUT2D eigenvalue weighted by molar-refractivity contribution is 0.423. The molecule has 0 saturated carbocycles. The van der Waals surface area contributed by atoms with Gasteiger partial charge in [0.05, 0.1) is 5.56 Å². The molecule has 12 heavy (non-hydrogen) atoms. The molecule has 0 spiro atoms. The van der Waals surface area contributed by atoms with Crippen molar-refractivity contribution in [3.05, 3.63) is 32.6 Å². The first kappa shape index (κ1) is 8.27. The standard InChI is InChI=1S/C7H5FN2O2/c1-2-5(8)4-3-9-7(12)10-6(4)11/h1,3,5H,(H2,9,10,11,12). The summed E-state index contributed by atoms with van der Waals surface area (Å²) in [4.78, 5) is 25.3. The summed E-state index contributed by atoms with van der Waals surface area (Å²) in [7, 11) is 0. The molecule has 1 aromatic rings. The Morgan fingerprint density at radius 2 is 2.25 bits per heavy atom. The molecule has 1 unspecified atom stereocenters. The second-order valence-corrected chi connectivity index (χ2v) is 2.06. The van der Waals surface area contributed by atoms with Crippen LogP contribution < -0.4 is 11.2 Å². The van der Waals surface area contributed by atoms with Crippen molar-refractivity contribution in [1.29, 1.82) is 0 Å². The minimum Gasteiger partial charge on any atom is -0.314 e. The van der Waals surface area contributed by atoms with Gasteiger partial charge in [0, 0.05) is 6.20 Å². The number of hydrogen-bond donors (Lipinski definition) is 2. The smallest absolute Gasteiger partial charge is 0.314 e. The van der Waals surface area contributed by atoms with Gasteiger partial charge in [0.2, 0.25) is 0 Å². The molecular formula is C7H5FN2O2. The topological polar surface area (TPSA) is 65.7 Å². The van der Waals surface area contributed by atoms with E-state index in [0.717, 1.165) is 6.20 Å². The van der Waals surface area contributed by atoms with Gasteiger partial charge in [-0.25, -0.2) is 9.18 Å². The van der Waals surface area contributed by atoms with E-state index in [1.165, 1.54) is 0 Å². The van der Waals surface area contributed by atoms with E-state index in [4.69, 9.17) is 6.42 Å². The van der Waals surface area contributed by atoms with Crippen LogP contribution in [0.15, 0.2) is 15.8 Å². The molecule has 5 heteroatoms. The quantitative estimate of drug-likeness (QED) is 0.566. The Morgan fingerprint density at radius 3 is 2.75 bits per heavy atom. The van der Waals surface area contributed by atoms with Crippen molar-refractivity contribution in [1.82, 2.24) is 9.97 Å². The molecule has 1 heterocycles. The fourth-order valence-corrected chi connectivity index (χ4v) is 0.698. The zero-order valence-corrected chi connectivity index (χ0v) is 5.93. The number of alkyl halides is 1. The first-order valence-corrected chi connectivity index (χ1v) is 3.07. The molecule has 0 radical (unpaired) electrons. The Balaban J connectivity index is 3.30. The van der Waals surface area contributed by atoms with Crippen LogP contribution in [0.5, 0.6) is 0 Å².